The lowest BCUT2D eigenvalue weighted by atomic mass is 10.2. The molecule has 0 unspecified atom stereocenters. The van der Waals surface area contributed by atoms with Crippen molar-refractivity contribution in [3.8, 4) is 0 Å². The van der Waals surface area contributed by atoms with Gasteiger partial charge in [0, 0.05) is 31.0 Å². The molecule has 15 heavy (non-hydrogen) atoms. The molecule has 0 amide bonds. The second-order valence-electron chi connectivity index (χ2n) is 3.72. The summed E-state index contributed by atoms with van der Waals surface area (Å²) in [5.41, 5.74) is 3.63. The van der Waals surface area contributed by atoms with Gasteiger partial charge in [0.1, 0.15) is 0 Å². The number of nitrogens with zero attached hydrogens (tertiary/aromatic N) is 2. The first-order chi connectivity index (χ1) is 7.20. The molecule has 0 saturated heterocycles. The molecular weight excluding hydrogens is 190 g/mol. The van der Waals surface area contributed by atoms with Gasteiger partial charge in [0.2, 0.25) is 0 Å². The van der Waals surface area contributed by atoms with Gasteiger partial charge in [-0.3, -0.25) is 4.68 Å². The Kier molecular flexibility index (Phi) is 4.78. The van der Waals surface area contributed by atoms with E-state index >= 15 is 0 Å². The zero-order valence-corrected chi connectivity index (χ0v) is 9.88. The van der Waals surface area contributed by atoms with Gasteiger partial charge in [0.25, 0.3) is 0 Å². The summed E-state index contributed by atoms with van der Waals surface area (Å²) in [6.07, 6.45) is 0.806. The molecule has 1 rings (SSSR count). The van der Waals surface area contributed by atoms with E-state index < -0.39 is 0 Å². The fourth-order valence-electron chi connectivity index (χ4n) is 1.72. The Bertz CT molecular complexity index is 307. The fourth-order valence-corrected chi connectivity index (χ4v) is 1.72. The third kappa shape index (κ3) is 3.04. The highest BCUT2D eigenvalue weighted by atomic mass is 16.3. The van der Waals surface area contributed by atoms with Crippen molar-refractivity contribution >= 4 is 0 Å². The Hall–Kier alpha value is -0.870. The highest BCUT2D eigenvalue weighted by molar-refractivity contribution is 5.24. The first-order valence-electron chi connectivity index (χ1n) is 5.55. The van der Waals surface area contributed by atoms with Crippen LogP contribution in [0.5, 0.6) is 0 Å². The van der Waals surface area contributed by atoms with Gasteiger partial charge >= 0.3 is 0 Å². The first-order valence-corrected chi connectivity index (χ1v) is 5.55. The first kappa shape index (κ1) is 12.2. The van der Waals surface area contributed by atoms with Gasteiger partial charge in [-0.2, -0.15) is 5.10 Å². The smallest absolute Gasteiger partial charge is 0.0641 e. The number of aliphatic hydroxyl groups is 1. The predicted molar refractivity (Wildman–Crippen MR) is 60.8 cm³/mol. The Balaban J connectivity index is 2.56. The van der Waals surface area contributed by atoms with Gasteiger partial charge in [-0.05, 0) is 33.7 Å². The van der Waals surface area contributed by atoms with Crippen LogP contribution >= 0.6 is 0 Å². The van der Waals surface area contributed by atoms with Crippen molar-refractivity contribution < 1.29 is 5.11 Å². The van der Waals surface area contributed by atoms with Gasteiger partial charge in [0.05, 0.1) is 5.69 Å². The van der Waals surface area contributed by atoms with Crippen molar-refractivity contribution in [3.05, 3.63) is 17.0 Å². The molecule has 86 valence electrons. The molecule has 0 radical (unpaired) electrons. The molecule has 0 aliphatic rings. The minimum absolute atomic E-state index is 0.249. The van der Waals surface area contributed by atoms with Gasteiger partial charge in [-0.1, -0.05) is 0 Å². The molecule has 0 aliphatic carbocycles. The van der Waals surface area contributed by atoms with Crippen molar-refractivity contribution in [3.63, 3.8) is 0 Å². The predicted octanol–water partition coefficient (Wildman–Crippen LogP) is 0.992. The third-order valence-corrected chi connectivity index (χ3v) is 2.64. The van der Waals surface area contributed by atoms with E-state index in [0.29, 0.717) is 0 Å². The van der Waals surface area contributed by atoms with Crippen molar-refractivity contribution in [1.82, 2.24) is 15.1 Å². The van der Waals surface area contributed by atoms with E-state index in [0.717, 1.165) is 31.7 Å². The molecule has 2 N–H and O–H groups in total. The molecule has 0 spiro atoms. The molecular formula is C11H21N3O. The Morgan fingerprint density at radius 2 is 2.13 bits per heavy atom. The lowest BCUT2D eigenvalue weighted by Crippen LogP contribution is -2.16. The molecule has 4 nitrogen and oxygen atoms in total. The molecule has 1 heterocycles. The summed E-state index contributed by atoms with van der Waals surface area (Å²) in [5, 5.41) is 16.4. The average molecular weight is 211 g/mol. The molecule has 4 heteroatoms. The molecule has 0 saturated carbocycles. The number of hydrogen-bond donors (Lipinski definition) is 2. The van der Waals surface area contributed by atoms with Gasteiger partial charge in [-0.25, -0.2) is 0 Å². The van der Waals surface area contributed by atoms with E-state index in [4.69, 9.17) is 5.11 Å². The van der Waals surface area contributed by atoms with Gasteiger partial charge < -0.3 is 10.4 Å². The van der Waals surface area contributed by atoms with Crippen LogP contribution < -0.4 is 5.32 Å². The number of rotatable bonds is 6. The Morgan fingerprint density at radius 3 is 2.67 bits per heavy atom. The van der Waals surface area contributed by atoms with Crippen LogP contribution in [-0.2, 0) is 13.1 Å². The zero-order chi connectivity index (χ0) is 11.3. The Morgan fingerprint density at radius 1 is 1.40 bits per heavy atom. The Labute approximate surface area is 91.3 Å². The van der Waals surface area contributed by atoms with Crippen LogP contribution in [-0.4, -0.2) is 28.0 Å². The number of aromatic nitrogens is 2. The summed E-state index contributed by atoms with van der Waals surface area (Å²) in [7, 11) is 0. The maximum atomic E-state index is 8.66. The normalized spacial score (nSPS) is 10.9. The highest BCUT2D eigenvalue weighted by Gasteiger charge is 2.09. The standard InChI is InChI=1S/C11H21N3O/c1-4-14-10(3)11(9(2)13-14)8-12-6-5-7-15/h12,15H,4-8H2,1-3H3. The molecule has 1 aromatic rings. The van der Waals surface area contributed by atoms with Crippen LogP contribution in [0.15, 0.2) is 0 Å². The molecule has 0 atom stereocenters. The van der Waals surface area contributed by atoms with Crippen LogP contribution in [0.2, 0.25) is 0 Å². The van der Waals surface area contributed by atoms with E-state index in [-0.39, 0.29) is 6.61 Å². The number of hydrogen-bond acceptors (Lipinski definition) is 3. The number of nitrogens with one attached hydrogen (secondary N) is 1. The highest BCUT2D eigenvalue weighted by Crippen LogP contribution is 2.12. The summed E-state index contributed by atoms with van der Waals surface area (Å²) < 4.78 is 2.03. The van der Waals surface area contributed by atoms with Crippen LogP contribution in [0, 0.1) is 13.8 Å². The SMILES string of the molecule is CCn1nc(C)c(CNCCCO)c1C. The van der Waals surface area contributed by atoms with Crippen molar-refractivity contribution in [2.24, 2.45) is 0 Å². The minimum atomic E-state index is 0.249. The molecule has 1 aromatic heterocycles. The van der Waals surface area contributed by atoms with Crippen molar-refractivity contribution in [2.75, 3.05) is 13.2 Å². The monoisotopic (exact) mass is 211 g/mol. The van der Waals surface area contributed by atoms with Crippen molar-refractivity contribution in [1.29, 1.82) is 0 Å². The molecule has 0 fully saturated rings. The summed E-state index contributed by atoms with van der Waals surface area (Å²) in [6.45, 7) is 9.12. The van der Waals surface area contributed by atoms with E-state index in [1.807, 2.05) is 11.6 Å². The third-order valence-electron chi connectivity index (χ3n) is 2.64. The van der Waals surface area contributed by atoms with E-state index in [2.05, 4.69) is 24.3 Å². The van der Waals surface area contributed by atoms with Gasteiger partial charge in [-0.15, -0.1) is 0 Å². The summed E-state index contributed by atoms with van der Waals surface area (Å²) in [6, 6.07) is 0. The maximum absolute atomic E-state index is 8.66. The molecule has 0 aliphatic heterocycles. The van der Waals surface area contributed by atoms with Crippen LogP contribution in [0.3, 0.4) is 0 Å². The second kappa shape index (κ2) is 5.88. The summed E-state index contributed by atoms with van der Waals surface area (Å²) in [4.78, 5) is 0. The number of aliphatic hydroxyl groups excluding tert-OH is 1. The largest absolute Gasteiger partial charge is 0.396 e. The maximum Gasteiger partial charge on any atom is 0.0641 e. The second-order valence-corrected chi connectivity index (χ2v) is 3.72. The average Bonchev–Trinajstić information content (AvgIpc) is 2.50. The molecule has 0 bridgehead atoms. The van der Waals surface area contributed by atoms with Crippen LogP contribution in [0.1, 0.15) is 30.3 Å². The van der Waals surface area contributed by atoms with E-state index in [1.165, 1.54) is 11.3 Å². The molecule has 0 aromatic carbocycles. The number of aryl methyl sites for hydroxylation is 2. The lowest BCUT2D eigenvalue weighted by molar-refractivity contribution is 0.286. The van der Waals surface area contributed by atoms with Gasteiger partial charge in [0.15, 0.2) is 0 Å². The van der Waals surface area contributed by atoms with E-state index in [9.17, 15) is 0 Å². The lowest BCUT2D eigenvalue weighted by Gasteiger charge is -2.04. The topological polar surface area (TPSA) is 50.1 Å². The van der Waals surface area contributed by atoms with Crippen LogP contribution in [0.4, 0.5) is 0 Å². The van der Waals surface area contributed by atoms with E-state index in [1.54, 1.807) is 0 Å². The summed E-state index contributed by atoms with van der Waals surface area (Å²) >= 11 is 0. The fraction of sp³-hybridized carbons (Fsp3) is 0.727. The van der Waals surface area contributed by atoms with Crippen molar-refractivity contribution in [2.45, 2.75) is 40.3 Å². The summed E-state index contributed by atoms with van der Waals surface area (Å²) in [5.74, 6) is 0. The zero-order valence-electron chi connectivity index (χ0n) is 9.88. The minimum Gasteiger partial charge on any atom is -0.396 e. The quantitative estimate of drug-likeness (QED) is 0.690. The van der Waals surface area contributed by atoms with Crippen LogP contribution in [0.25, 0.3) is 0 Å².